The Morgan fingerprint density at radius 3 is 2.47 bits per heavy atom. The van der Waals surface area contributed by atoms with E-state index in [1.165, 1.54) is 0 Å². The lowest BCUT2D eigenvalue weighted by atomic mass is 10.1. The van der Waals surface area contributed by atoms with E-state index in [9.17, 15) is 18.0 Å². The van der Waals surface area contributed by atoms with Crippen LogP contribution in [0.1, 0.15) is 12.8 Å². The maximum Gasteiger partial charge on any atom is 0.406 e. The smallest absolute Gasteiger partial charge is 0.320 e. The largest absolute Gasteiger partial charge is 0.406 e. The summed E-state index contributed by atoms with van der Waals surface area (Å²) in [5, 5.41) is 3.17. The van der Waals surface area contributed by atoms with Gasteiger partial charge in [0.15, 0.2) is 0 Å². The molecule has 4 nitrogen and oxygen atoms in total. The molecular formula is C10H16F3N3O. The molecule has 2 heterocycles. The van der Waals surface area contributed by atoms with Crippen LogP contribution in [0, 0.1) is 0 Å². The number of amides is 2. The van der Waals surface area contributed by atoms with Crippen LogP contribution in [0.4, 0.5) is 18.0 Å². The van der Waals surface area contributed by atoms with Gasteiger partial charge < -0.3 is 15.1 Å². The molecule has 98 valence electrons. The number of hydrogen-bond acceptors (Lipinski definition) is 2. The van der Waals surface area contributed by atoms with Crippen molar-refractivity contribution in [2.75, 3.05) is 32.7 Å². The molecule has 0 saturated carbocycles. The van der Waals surface area contributed by atoms with E-state index in [2.05, 4.69) is 5.32 Å². The molecule has 2 aliphatic rings. The van der Waals surface area contributed by atoms with Gasteiger partial charge in [0, 0.05) is 19.1 Å². The number of nitrogens with one attached hydrogen (secondary N) is 1. The number of carbonyl (C=O) groups excluding carboxylic acids is 1. The van der Waals surface area contributed by atoms with Crippen LogP contribution in [0.3, 0.4) is 0 Å². The molecule has 0 aromatic carbocycles. The molecule has 0 unspecified atom stereocenters. The molecule has 2 rings (SSSR count). The Kier molecular flexibility index (Phi) is 3.46. The Hall–Kier alpha value is -0.980. The monoisotopic (exact) mass is 251 g/mol. The van der Waals surface area contributed by atoms with Crippen molar-refractivity contribution in [3.63, 3.8) is 0 Å². The van der Waals surface area contributed by atoms with E-state index in [1.54, 1.807) is 4.90 Å². The molecule has 0 aromatic rings. The van der Waals surface area contributed by atoms with E-state index >= 15 is 0 Å². The summed E-state index contributed by atoms with van der Waals surface area (Å²) in [5.74, 6) is 0. The van der Waals surface area contributed by atoms with E-state index in [0.29, 0.717) is 6.54 Å². The van der Waals surface area contributed by atoms with Gasteiger partial charge in [-0.25, -0.2) is 4.79 Å². The molecular weight excluding hydrogens is 235 g/mol. The normalized spacial score (nSPS) is 23.6. The fourth-order valence-corrected chi connectivity index (χ4v) is 2.42. The minimum absolute atomic E-state index is 0.0991. The maximum absolute atomic E-state index is 12.2. The standard InChI is InChI=1S/C10H16F3N3O/c11-10(12,13)7-15-5-6-16(9(15)17)8-1-3-14-4-2-8/h8,14H,1-7H2. The first kappa shape index (κ1) is 12.5. The Balaban J connectivity index is 1.92. The van der Waals surface area contributed by atoms with Gasteiger partial charge in [0.1, 0.15) is 6.54 Å². The van der Waals surface area contributed by atoms with Crippen molar-refractivity contribution in [1.29, 1.82) is 0 Å². The Bertz CT molecular complexity index is 289. The summed E-state index contributed by atoms with van der Waals surface area (Å²) in [6.45, 7) is 1.12. The van der Waals surface area contributed by atoms with E-state index < -0.39 is 18.8 Å². The average molecular weight is 251 g/mol. The molecule has 0 aromatic heterocycles. The summed E-state index contributed by atoms with van der Waals surface area (Å²) in [6.07, 6.45) is -2.66. The van der Waals surface area contributed by atoms with Crippen molar-refractivity contribution < 1.29 is 18.0 Å². The van der Waals surface area contributed by atoms with Crippen molar-refractivity contribution in [2.45, 2.75) is 25.1 Å². The van der Waals surface area contributed by atoms with Crippen LogP contribution in [-0.2, 0) is 0 Å². The second-order valence-electron chi connectivity index (χ2n) is 4.49. The first-order chi connectivity index (χ1) is 7.97. The van der Waals surface area contributed by atoms with E-state index in [0.717, 1.165) is 30.8 Å². The molecule has 0 aliphatic carbocycles. The van der Waals surface area contributed by atoms with Gasteiger partial charge in [-0.05, 0) is 25.9 Å². The zero-order valence-corrected chi connectivity index (χ0v) is 9.46. The highest BCUT2D eigenvalue weighted by molar-refractivity contribution is 5.77. The second-order valence-corrected chi connectivity index (χ2v) is 4.49. The predicted molar refractivity (Wildman–Crippen MR) is 55.6 cm³/mol. The summed E-state index contributed by atoms with van der Waals surface area (Å²) in [7, 11) is 0. The molecule has 2 aliphatic heterocycles. The minimum atomic E-state index is -4.31. The van der Waals surface area contributed by atoms with E-state index in [-0.39, 0.29) is 12.6 Å². The van der Waals surface area contributed by atoms with Crippen LogP contribution in [0.15, 0.2) is 0 Å². The zero-order chi connectivity index (χ0) is 12.5. The van der Waals surface area contributed by atoms with Gasteiger partial charge in [-0.3, -0.25) is 0 Å². The molecule has 0 bridgehead atoms. The molecule has 2 fully saturated rings. The molecule has 0 spiro atoms. The van der Waals surface area contributed by atoms with Gasteiger partial charge in [0.05, 0.1) is 0 Å². The zero-order valence-electron chi connectivity index (χ0n) is 9.46. The average Bonchev–Trinajstić information content (AvgIpc) is 2.60. The highest BCUT2D eigenvalue weighted by Crippen LogP contribution is 2.23. The van der Waals surface area contributed by atoms with Gasteiger partial charge in [-0.15, -0.1) is 0 Å². The lowest BCUT2D eigenvalue weighted by Crippen LogP contribution is -2.46. The van der Waals surface area contributed by atoms with Gasteiger partial charge >= 0.3 is 12.2 Å². The quantitative estimate of drug-likeness (QED) is 0.796. The fourth-order valence-electron chi connectivity index (χ4n) is 2.42. The van der Waals surface area contributed by atoms with Crippen molar-refractivity contribution in [3.05, 3.63) is 0 Å². The third kappa shape index (κ3) is 3.02. The van der Waals surface area contributed by atoms with E-state index in [1.807, 2.05) is 0 Å². The highest BCUT2D eigenvalue weighted by Gasteiger charge is 2.40. The Morgan fingerprint density at radius 1 is 1.24 bits per heavy atom. The van der Waals surface area contributed by atoms with Crippen molar-refractivity contribution in [2.24, 2.45) is 0 Å². The SMILES string of the molecule is O=C1N(CC(F)(F)F)CCN1C1CCNCC1. The first-order valence-corrected chi connectivity index (χ1v) is 5.80. The number of urea groups is 1. The number of piperidine rings is 1. The fraction of sp³-hybridized carbons (Fsp3) is 0.900. The van der Waals surface area contributed by atoms with Crippen LogP contribution in [-0.4, -0.2) is 60.8 Å². The predicted octanol–water partition coefficient (Wildman–Crippen LogP) is 1.04. The third-order valence-corrected chi connectivity index (χ3v) is 3.25. The Labute approximate surface area is 97.7 Å². The van der Waals surface area contributed by atoms with Crippen LogP contribution in [0.5, 0.6) is 0 Å². The van der Waals surface area contributed by atoms with Crippen molar-refractivity contribution >= 4 is 6.03 Å². The molecule has 7 heteroatoms. The number of rotatable bonds is 2. The molecule has 17 heavy (non-hydrogen) atoms. The molecule has 2 amide bonds. The maximum atomic E-state index is 12.2. The highest BCUT2D eigenvalue weighted by atomic mass is 19.4. The van der Waals surface area contributed by atoms with Crippen molar-refractivity contribution in [3.8, 4) is 0 Å². The summed E-state index contributed by atoms with van der Waals surface area (Å²) < 4.78 is 36.7. The number of carbonyl (C=O) groups is 1. The molecule has 2 saturated heterocycles. The van der Waals surface area contributed by atoms with Gasteiger partial charge in [0.2, 0.25) is 0 Å². The van der Waals surface area contributed by atoms with Crippen molar-refractivity contribution in [1.82, 2.24) is 15.1 Å². The molecule has 0 radical (unpaired) electrons. The summed E-state index contributed by atoms with van der Waals surface area (Å²) in [5.41, 5.74) is 0. The second kappa shape index (κ2) is 4.72. The van der Waals surface area contributed by atoms with Crippen LogP contribution >= 0.6 is 0 Å². The molecule has 0 atom stereocenters. The van der Waals surface area contributed by atoms with Gasteiger partial charge in [-0.1, -0.05) is 0 Å². The van der Waals surface area contributed by atoms with Crippen LogP contribution in [0.25, 0.3) is 0 Å². The van der Waals surface area contributed by atoms with Gasteiger partial charge in [0.25, 0.3) is 0 Å². The lowest BCUT2D eigenvalue weighted by Gasteiger charge is -2.31. The van der Waals surface area contributed by atoms with Gasteiger partial charge in [-0.2, -0.15) is 13.2 Å². The number of nitrogens with zero attached hydrogens (tertiary/aromatic N) is 2. The van der Waals surface area contributed by atoms with Crippen LogP contribution < -0.4 is 5.32 Å². The number of hydrogen-bond donors (Lipinski definition) is 1. The minimum Gasteiger partial charge on any atom is -0.320 e. The number of alkyl halides is 3. The Morgan fingerprint density at radius 2 is 1.88 bits per heavy atom. The lowest BCUT2D eigenvalue weighted by molar-refractivity contribution is -0.138. The first-order valence-electron chi connectivity index (χ1n) is 5.80. The topological polar surface area (TPSA) is 35.6 Å². The summed E-state index contributed by atoms with van der Waals surface area (Å²) in [6, 6.07) is -0.365. The summed E-state index contributed by atoms with van der Waals surface area (Å²) >= 11 is 0. The number of halogens is 3. The molecule has 1 N–H and O–H groups in total. The summed E-state index contributed by atoms with van der Waals surface area (Å²) in [4.78, 5) is 14.3. The van der Waals surface area contributed by atoms with Crippen LogP contribution in [0.2, 0.25) is 0 Å². The third-order valence-electron chi connectivity index (χ3n) is 3.25. The van der Waals surface area contributed by atoms with E-state index in [4.69, 9.17) is 0 Å².